The van der Waals surface area contributed by atoms with Crippen LogP contribution in [0.5, 0.6) is 0 Å². The summed E-state index contributed by atoms with van der Waals surface area (Å²) in [6, 6.07) is 24.2. The maximum atomic E-state index is 13.3. The summed E-state index contributed by atoms with van der Waals surface area (Å²) in [7, 11) is 0. The number of fused-ring (bicyclic) bond motifs is 1. The van der Waals surface area contributed by atoms with E-state index < -0.39 is 11.5 Å². The van der Waals surface area contributed by atoms with Crippen LogP contribution in [-0.2, 0) is 23.4 Å². The predicted octanol–water partition coefficient (Wildman–Crippen LogP) is 4.65. The van der Waals surface area contributed by atoms with E-state index in [1.165, 1.54) is 5.56 Å². The molecule has 3 aromatic carbocycles. The summed E-state index contributed by atoms with van der Waals surface area (Å²) in [4.78, 5) is 27.9. The third kappa shape index (κ3) is 3.66. The van der Waals surface area contributed by atoms with Gasteiger partial charge in [-0.2, -0.15) is 0 Å². The molecular formula is C26H25NO3. The molecule has 0 saturated carbocycles. The third-order valence-corrected chi connectivity index (χ3v) is 5.65. The van der Waals surface area contributed by atoms with Gasteiger partial charge in [0.05, 0.1) is 18.7 Å². The zero-order valence-electron chi connectivity index (χ0n) is 17.0. The van der Waals surface area contributed by atoms with Crippen LogP contribution >= 0.6 is 0 Å². The molecule has 152 valence electrons. The van der Waals surface area contributed by atoms with Gasteiger partial charge in [-0.25, -0.2) is 0 Å². The lowest BCUT2D eigenvalue weighted by Gasteiger charge is -2.23. The molecule has 3 aromatic rings. The molecule has 0 spiro atoms. The molecule has 0 fully saturated rings. The number of amides is 1. The standard InChI is InChI=1S/C26H25NO3/c1-2-8-19-13-15-21(16-14-19)24(28)17-26(30)22-11-6-7-12-23(22)27(25(26)29)18-20-9-4-3-5-10-20/h3-7,9-16,30H,2,8,17-18H2,1H3. The van der Waals surface area contributed by atoms with Crippen LogP contribution in [0.3, 0.4) is 0 Å². The van der Waals surface area contributed by atoms with Crippen molar-refractivity contribution in [3.05, 3.63) is 101 Å². The van der Waals surface area contributed by atoms with Crippen LogP contribution < -0.4 is 4.90 Å². The van der Waals surface area contributed by atoms with E-state index in [0.717, 1.165) is 18.4 Å². The molecule has 4 rings (SSSR count). The number of anilines is 1. The van der Waals surface area contributed by atoms with E-state index in [9.17, 15) is 14.7 Å². The molecule has 0 bridgehead atoms. The number of aliphatic hydroxyl groups is 1. The van der Waals surface area contributed by atoms with Crippen molar-refractivity contribution in [2.24, 2.45) is 0 Å². The van der Waals surface area contributed by atoms with Crippen molar-refractivity contribution in [3.63, 3.8) is 0 Å². The van der Waals surface area contributed by atoms with Gasteiger partial charge in [-0.3, -0.25) is 9.59 Å². The van der Waals surface area contributed by atoms with Crippen molar-refractivity contribution in [3.8, 4) is 0 Å². The molecule has 0 aliphatic carbocycles. The fraction of sp³-hybridized carbons (Fsp3) is 0.231. The Morgan fingerprint density at radius 1 is 0.900 bits per heavy atom. The fourth-order valence-electron chi connectivity index (χ4n) is 4.08. The van der Waals surface area contributed by atoms with Gasteiger partial charge >= 0.3 is 0 Å². The van der Waals surface area contributed by atoms with Gasteiger partial charge in [0.1, 0.15) is 0 Å². The minimum Gasteiger partial charge on any atom is -0.375 e. The van der Waals surface area contributed by atoms with Crippen molar-refractivity contribution in [1.82, 2.24) is 0 Å². The van der Waals surface area contributed by atoms with Crippen molar-refractivity contribution >= 4 is 17.4 Å². The van der Waals surface area contributed by atoms with Gasteiger partial charge in [-0.1, -0.05) is 86.1 Å². The Morgan fingerprint density at radius 3 is 2.27 bits per heavy atom. The smallest absolute Gasteiger partial charge is 0.264 e. The molecule has 1 N–H and O–H groups in total. The summed E-state index contributed by atoms with van der Waals surface area (Å²) < 4.78 is 0. The summed E-state index contributed by atoms with van der Waals surface area (Å²) >= 11 is 0. The van der Waals surface area contributed by atoms with E-state index in [2.05, 4.69) is 6.92 Å². The van der Waals surface area contributed by atoms with Crippen LogP contribution in [0.4, 0.5) is 5.69 Å². The van der Waals surface area contributed by atoms with Crippen molar-refractivity contribution in [2.45, 2.75) is 38.3 Å². The van der Waals surface area contributed by atoms with E-state index in [4.69, 9.17) is 0 Å². The number of hydrogen-bond donors (Lipinski definition) is 1. The summed E-state index contributed by atoms with van der Waals surface area (Å²) in [5.41, 5.74) is 1.92. The Balaban J connectivity index is 1.62. The lowest BCUT2D eigenvalue weighted by molar-refractivity contribution is -0.136. The SMILES string of the molecule is CCCc1ccc(C(=O)CC2(O)C(=O)N(Cc3ccccc3)c3ccccc32)cc1. The first-order chi connectivity index (χ1) is 14.5. The first-order valence-electron chi connectivity index (χ1n) is 10.3. The van der Waals surface area contributed by atoms with Crippen LogP contribution in [-0.4, -0.2) is 16.8 Å². The average molecular weight is 399 g/mol. The molecule has 30 heavy (non-hydrogen) atoms. The molecular weight excluding hydrogens is 374 g/mol. The van der Waals surface area contributed by atoms with E-state index in [0.29, 0.717) is 23.4 Å². The molecule has 1 aliphatic heterocycles. The van der Waals surface area contributed by atoms with Gasteiger partial charge in [-0.15, -0.1) is 0 Å². The number of nitrogens with zero attached hydrogens (tertiary/aromatic N) is 1. The topological polar surface area (TPSA) is 57.6 Å². The van der Waals surface area contributed by atoms with Crippen LogP contribution in [0.1, 0.15) is 46.8 Å². The van der Waals surface area contributed by atoms with Crippen molar-refractivity contribution in [2.75, 3.05) is 4.90 Å². The summed E-state index contributed by atoms with van der Waals surface area (Å²) in [6.45, 7) is 2.46. The highest BCUT2D eigenvalue weighted by molar-refractivity contribution is 6.10. The largest absolute Gasteiger partial charge is 0.375 e. The number of benzene rings is 3. The second-order valence-electron chi connectivity index (χ2n) is 7.80. The lowest BCUT2D eigenvalue weighted by atomic mass is 9.88. The van der Waals surface area contributed by atoms with Crippen LogP contribution in [0, 0.1) is 0 Å². The summed E-state index contributed by atoms with van der Waals surface area (Å²) in [5, 5.41) is 11.4. The molecule has 1 unspecified atom stereocenters. The van der Waals surface area contributed by atoms with Crippen LogP contribution in [0.2, 0.25) is 0 Å². The number of carbonyl (C=O) groups is 2. The number of rotatable bonds is 7. The number of carbonyl (C=O) groups excluding carboxylic acids is 2. The Kier molecular flexibility index (Phi) is 5.51. The van der Waals surface area contributed by atoms with Gasteiger partial charge in [-0.05, 0) is 23.6 Å². The molecule has 1 heterocycles. The van der Waals surface area contributed by atoms with E-state index in [-0.39, 0.29) is 12.2 Å². The minimum absolute atomic E-state index is 0.245. The molecule has 0 aromatic heterocycles. The lowest BCUT2D eigenvalue weighted by Crippen LogP contribution is -2.41. The zero-order valence-corrected chi connectivity index (χ0v) is 17.0. The summed E-state index contributed by atoms with van der Waals surface area (Å²) in [6.07, 6.45) is 1.72. The monoisotopic (exact) mass is 399 g/mol. The summed E-state index contributed by atoms with van der Waals surface area (Å²) in [5.74, 6) is -0.700. The predicted molar refractivity (Wildman–Crippen MR) is 117 cm³/mol. The van der Waals surface area contributed by atoms with E-state index in [1.807, 2.05) is 54.6 Å². The number of para-hydroxylation sites is 1. The number of aryl methyl sites for hydroxylation is 1. The van der Waals surface area contributed by atoms with Crippen molar-refractivity contribution in [1.29, 1.82) is 0 Å². The van der Waals surface area contributed by atoms with Gasteiger partial charge < -0.3 is 10.0 Å². The van der Waals surface area contributed by atoms with Gasteiger partial charge in [0.15, 0.2) is 11.4 Å². The quantitative estimate of drug-likeness (QED) is 0.589. The molecule has 1 aliphatic rings. The highest BCUT2D eigenvalue weighted by atomic mass is 16.3. The Labute approximate surface area is 176 Å². The second-order valence-corrected chi connectivity index (χ2v) is 7.80. The maximum absolute atomic E-state index is 13.3. The normalized spacial score (nSPS) is 17.8. The number of Topliss-reactive ketones (excluding diaryl/α,β-unsaturated/α-hetero) is 1. The van der Waals surface area contributed by atoms with Gasteiger partial charge in [0.25, 0.3) is 5.91 Å². The van der Waals surface area contributed by atoms with Gasteiger partial charge in [0.2, 0.25) is 0 Å². The molecule has 4 heteroatoms. The zero-order chi connectivity index (χ0) is 21.1. The first-order valence-corrected chi connectivity index (χ1v) is 10.3. The van der Waals surface area contributed by atoms with Gasteiger partial charge in [0, 0.05) is 11.1 Å². The fourth-order valence-corrected chi connectivity index (χ4v) is 4.08. The Hall–Kier alpha value is -3.24. The molecule has 0 saturated heterocycles. The van der Waals surface area contributed by atoms with Crippen LogP contribution in [0.25, 0.3) is 0 Å². The highest BCUT2D eigenvalue weighted by Crippen LogP contribution is 2.43. The van der Waals surface area contributed by atoms with Crippen LogP contribution in [0.15, 0.2) is 78.9 Å². The number of ketones is 1. The molecule has 0 radical (unpaired) electrons. The third-order valence-electron chi connectivity index (χ3n) is 5.65. The molecule has 1 amide bonds. The van der Waals surface area contributed by atoms with Crippen molar-refractivity contribution < 1.29 is 14.7 Å². The molecule has 1 atom stereocenters. The average Bonchev–Trinajstić information content (AvgIpc) is 2.97. The maximum Gasteiger partial charge on any atom is 0.264 e. The van der Waals surface area contributed by atoms with E-state index in [1.54, 1.807) is 29.2 Å². The number of hydrogen-bond acceptors (Lipinski definition) is 3. The Bertz CT molecular complexity index is 1060. The second kappa shape index (κ2) is 8.25. The molecule has 4 nitrogen and oxygen atoms in total. The minimum atomic E-state index is -1.86. The van der Waals surface area contributed by atoms with E-state index >= 15 is 0 Å². The Morgan fingerprint density at radius 2 is 1.57 bits per heavy atom. The first kappa shape index (κ1) is 20.0. The highest BCUT2D eigenvalue weighted by Gasteiger charge is 2.50.